The highest BCUT2D eigenvalue weighted by Gasteiger charge is 2.10. The number of rotatable bonds is 4. The van der Waals surface area contributed by atoms with Crippen LogP contribution in [0.15, 0.2) is 24.4 Å². The molecule has 0 radical (unpaired) electrons. The Kier molecular flexibility index (Phi) is 4.24. The van der Waals surface area contributed by atoms with Crippen molar-refractivity contribution in [3.63, 3.8) is 0 Å². The molecule has 1 amide bonds. The molecule has 1 aromatic heterocycles. The first-order valence-corrected chi connectivity index (χ1v) is 6.45. The molecule has 20 heavy (non-hydrogen) atoms. The zero-order valence-electron chi connectivity index (χ0n) is 11.6. The van der Waals surface area contributed by atoms with E-state index in [2.05, 4.69) is 15.6 Å². The number of amides is 1. The molecule has 0 saturated carbocycles. The maximum absolute atomic E-state index is 11.9. The van der Waals surface area contributed by atoms with Crippen LogP contribution in [-0.2, 0) is 13.6 Å². The van der Waals surface area contributed by atoms with Crippen molar-refractivity contribution in [3.05, 3.63) is 40.7 Å². The van der Waals surface area contributed by atoms with Gasteiger partial charge < -0.3 is 10.2 Å². The van der Waals surface area contributed by atoms with Gasteiger partial charge in [0.25, 0.3) is 5.91 Å². The fraction of sp³-hybridized carbons (Fsp3) is 0.308. The van der Waals surface area contributed by atoms with E-state index in [-0.39, 0.29) is 5.91 Å². The molecule has 2 rings (SSSR count). The van der Waals surface area contributed by atoms with E-state index < -0.39 is 0 Å². The van der Waals surface area contributed by atoms with Crippen LogP contribution in [0.2, 0.25) is 5.02 Å². The number of nitrogens with one attached hydrogen (secondary N) is 1. The smallest absolute Gasteiger partial charge is 0.253 e. The van der Waals surface area contributed by atoms with E-state index in [9.17, 15) is 4.79 Å². The van der Waals surface area contributed by atoms with E-state index in [1.54, 1.807) is 44.0 Å². The monoisotopic (exact) mass is 293 g/mol. The number of nitrogens with zero attached hydrogens (tertiary/aromatic N) is 4. The van der Waals surface area contributed by atoms with Crippen molar-refractivity contribution in [2.24, 2.45) is 7.05 Å². The Bertz CT molecular complexity index is 623. The van der Waals surface area contributed by atoms with Crippen LogP contribution in [0.4, 0.5) is 5.69 Å². The van der Waals surface area contributed by atoms with E-state index in [0.29, 0.717) is 22.8 Å². The SMILES string of the molecule is CN(C)C(=O)c1ccc(Cl)c(NCc2cn(C)nn2)c1. The van der Waals surface area contributed by atoms with E-state index in [1.807, 2.05) is 6.20 Å². The second kappa shape index (κ2) is 5.92. The fourth-order valence-corrected chi connectivity index (χ4v) is 1.90. The number of carbonyl (C=O) groups excluding carboxylic acids is 1. The summed E-state index contributed by atoms with van der Waals surface area (Å²) in [5.74, 6) is -0.0655. The van der Waals surface area contributed by atoms with Gasteiger partial charge in [-0.15, -0.1) is 5.10 Å². The van der Waals surface area contributed by atoms with Crippen molar-refractivity contribution in [1.82, 2.24) is 19.9 Å². The molecule has 1 heterocycles. The minimum absolute atomic E-state index is 0.0655. The number of hydrogen-bond acceptors (Lipinski definition) is 4. The van der Waals surface area contributed by atoms with Gasteiger partial charge in [0.05, 0.1) is 17.3 Å². The molecular weight excluding hydrogens is 278 g/mol. The first-order valence-electron chi connectivity index (χ1n) is 6.07. The second-order valence-electron chi connectivity index (χ2n) is 4.63. The molecule has 0 atom stereocenters. The molecule has 2 aromatic rings. The maximum Gasteiger partial charge on any atom is 0.253 e. The number of anilines is 1. The summed E-state index contributed by atoms with van der Waals surface area (Å²) in [7, 11) is 5.23. The predicted octanol–water partition coefficient (Wildman–Crippen LogP) is 1.78. The summed E-state index contributed by atoms with van der Waals surface area (Å²) in [5, 5.41) is 11.5. The van der Waals surface area contributed by atoms with E-state index in [4.69, 9.17) is 11.6 Å². The summed E-state index contributed by atoms with van der Waals surface area (Å²) in [4.78, 5) is 13.4. The molecule has 7 heteroatoms. The molecule has 0 spiro atoms. The van der Waals surface area contributed by atoms with Gasteiger partial charge in [-0.2, -0.15) is 0 Å². The topological polar surface area (TPSA) is 63.1 Å². The quantitative estimate of drug-likeness (QED) is 0.933. The zero-order valence-corrected chi connectivity index (χ0v) is 12.3. The van der Waals surface area contributed by atoms with E-state index >= 15 is 0 Å². The molecular formula is C13H16ClN5O. The summed E-state index contributed by atoms with van der Waals surface area (Å²) < 4.78 is 1.63. The summed E-state index contributed by atoms with van der Waals surface area (Å²) in [5.41, 5.74) is 2.08. The Balaban J connectivity index is 2.14. The first kappa shape index (κ1) is 14.3. The molecule has 0 fully saturated rings. The van der Waals surface area contributed by atoms with Crippen LogP contribution < -0.4 is 5.32 Å². The van der Waals surface area contributed by atoms with Crippen LogP contribution in [-0.4, -0.2) is 39.9 Å². The average Bonchev–Trinajstić information content (AvgIpc) is 2.82. The number of benzene rings is 1. The van der Waals surface area contributed by atoms with Gasteiger partial charge in [-0.1, -0.05) is 16.8 Å². The van der Waals surface area contributed by atoms with Gasteiger partial charge in [-0.3, -0.25) is 9.48 Å². The third-order valence-electron chi connectivity index (χ3n) is 2.73. The number of carbonyl (C=O) groups is 1. The summed E-state index contributed by atoms with van der Waals surface area (Å²) in [6.07, 6.45) is 1.82. The normalized spacial score (nSPS) is 10.4. The van der Waals surface area contributed by atoms with Crippen LogP contribution in [0.1, 0.15) is 16.1 Å². The van der Waals surface area contributed by atoms with Crippen molar-refractivity contribution in [2.45, 2.75) is 6.54 Å². The molecule has 0 bridgehead atoms. The molecule has 0 saturated heterocycles. The van der Waals surface area contributed by atoms with Crippen LogP contribution in [0.3, 0.4) is 0 Å². The third-order valence-corrected chi connectivity index (χ3v) is 3.06. The van der Waals surface area contributed by atoms with Crippen molar-refractivity contribution in [1.29, 1.82) is 0 Å². The Hall–Kier alpha value is -2.08. The van der Waals surface area contributed by atoms with Gasteiger partial charge in [-0.05, 0) is 18.2 Å². The number of hydrogen-bond donors (Lipinski definition) is 1. The maximum atomic E-state index is 11.9. The highest BCUT2D eigenvalue weighted by atomic mass is 35.5. The molecule has 0 aliphatic carbocycles. The highest BCUT2D eigenvalue weighted by Crippen LogP contribution is 2.24. The minimum Gasteiger partial charge on any atom is -0.378 e. The Labute approximate surface area is 122 Å². The van der Waals surface area contributed by atoms with E-state index in [1.165, 1.54) is 4.90 Å². The lowest BCUT2D eigenvalue weighted by molar-refractivity contribution is 0.0827. The zero-order chi connectivity index (χ0) is 14.7. The number of aryl methyl sites for hydroxylation is 1. The standard InChI is InChI=1S/C13H16ClN5O/c1-18(2)13(20)9-4-5-11(14)12(6-9)15-7-10-8-19(3)17-16-10/h4-6,8,15H,7H2,1-3H3. The summed E-state index contributed by atoms with van der Waals surface area (Å²) in [6, 6.07) is 5.15. The number of halogens is 1. The molecule has 1 aromatic carbocycles. The molecule has 1 N–H and O–H groups in total. The van der Waals surface area contributed by atoms with Crippen LogP contribution in [0, 0.1) is 0 Å². The van der Waals surface area contributed by atoms with Crippen LogP contribution in [0.25, 0.3) is 0 Å². The van der Waals surface area contributed by atoms with Gasteiger partial charge in [0, 0.05) is 32.9 Å². The highest BCUT2D eigenvalue weighted by molar-refractivity contribution is 6.33. The molecule has 0 unspecified atom stereocenters. The fourth-order valence-electron chi connectivity index (χ4n) is 1.71. The number of aromatic nitrogens is 3. The lowest BCUT2D eigenvalue weighted by Crippen LogP contribution is -2.21. The van der Waals surface area contributed by atoms with Gasteiger partial charge in [-0.25, -0.2) is 0 Å². The van der Waals surface area contributed by atoms with Gasteiger partial charge >= 0.3 is 0 Å². The third kappa shape index (κ3) is 3.27. The second-order valence-corrected chi connectivity index (χ2v) is 5.04. The molecule has 0 aliphatic rings. The largest absolute Gasteiger partial charge is 0.378 e. The van der Waals surface area contributed by atoms with Crippen molar-refractivity contribution in [2.75, 3.05) is 19.4 Å². The van der Waals surface area contributed by atoms with Gasteiger partial charge in [0.2, 0.25) is 0 Å². The van der Waals surface area contributed by atoms with Crippen molar-refractivity contribution >= 4 is 23.2 Å². The lowest BCUT2D eigenvalue weighted by Gasteiger charge is -2.13. The Morgan fingerprint density at radius 1 is 1.45 bits per heavy atom. The van der Waals surface area contributed by atoms with E-state index in [0.717, 1.165) is 5.69 Å². The Morgan fingerprint density at radius 3 is 2.80 bits per heavy atom. The average molecular weight is 294 g/mol. The van der Waals surface area contributed by atoms with Crippen molar-refractivity contribution in [3.8, 4) is 0 Å². The summed E-state index contributed by atoms with van der Waals surface area (Å²) >= 11 is 6.12. The lowest BCUT2D eigenvalue weighted by atomic mass is 10.1. The van der Waals surface area contributed by atoms with Gasteiger partial charge in [0.1, 0.15) is 5.69 Å². The van der Waals surface area contributed by atoms with Crippen LogP contribution >= 0.6 is 11.6 Å². The molecule has 0 aliphatic heterocycles. The Morgan fingerprint density at radius 2 is 2.20 bits per heavy atom. The molecule has 106 valence electrons. The predicted molar refractivity (Wildman–Crippen MR) is 77.8 cm³/mol. The van der Waals surface area contributed by atoms with Crippen LogP contribution in [0.5, 0.6) is 0 Å². The molecule has 6 nitrogen and oxygen atoms in total. The first-order chi connectivity index (χ1) is 9.47. The van der Waals surface area contributed by atoms with Gasteiger partial charge in [0.15, 0.2) is 0 Å². The van der Waals surface area contributed by atoms with Crippen molar-refractivity contribution < 1.29 is 4.79 Å². The summed E-state index contributed by atoms with van der Waals surface area (Å²) in [6.45, 7) is 0.493. The minimum atomic E-state index is -0.0655.